The molecule has 0 saturated carbocycles. The summed E-state index contributed by atoms with van der Waals surface area (Å²) in [4.78, 5) is 15.6. The summed E-state index contributed by atoms with van der Waals surface area (Å²) in [5.41, 5.74) is 1.19. The summed E-state index contributed by atoms with van der Waals surface area (Å²) in [6.45, 7) is 3.39. The van der Waals surface area contributed by atoms with Crippen LogP contribution < -0.4 is 5.32 Å². The SMILES string of the molecule is CCn1c(SCC(=O)NC[C@@H](c2ccccc2)N(C)C)nnc1-c1cccs1. The predicted octanol–water partition coefficient (Wildman–Crippen LogP) is 3.54. The number of carbonyl (C=O) groups excluding carboxylic acids is 1. The topological polar surface area (TPSA) is 63.1 Å². The van der Waals surface area contributed by atoms with Crippen molar-refractivity contribution in [2.75, 3.05) is 26.4 Å². The molecule has 0 aliphatic carbocycles. The summed E-state index contributed by atoms with van der Waals surface area (Å²) in [7, 11) is 4.04. The van der Waals surface area contributed by atoms with E-state index in [1.54, 1.807) is 11.3 Å². The predicted molar refractivity (Wildman–Crippen MR) is 116 cm³/mol. The van der Waals surface area contributed by atoms with E-state index >= 15 is 0 Å². The monoisotopic (exact) mass is 415 g/mol. The number of thiophene rings is 1. The van der Waals surface area contributed by atoms with Crippen molar-refractivity contribution in [2.24, 2.45) is 0 Å². The van der Waals surface area contributed by atoms with E-state index in [0.29, 0.717) is 12.3 Å². The first-order chi connectivity index (χ1) is 13.6. The molecule has 3 rings (SSSR count). The van der Waals surface area contributed by atoms with Crippen molar-refractivity contribution < 1.29 is 4.79 Å². The van der Waals surface area contributed by atoms with Crippen molar-refractivity contribution in [1.82, 2.24) is 25.0 Å². The van der Waals surface area contributed by atoms with E-state index < -0.39 is 0 Å². The Morgan fingerprint density at radius 1 is 1.21 bits per heavy atom. The van der Waals surface area contributed by atoms with E-state index in [-0.39, 0.29) is 11.9 Å². The summed E-state index contributed by atoms with van der Waals surface area (Å²) in [5.74, 6) is 1.17. The van der Waals surface area contributed by atoms with E-state index in [1.165, 1.54) is 17.3 Å². The molecule has 2 aromatic heterocycles. The van der Waals surface area contributed by atoms with Gasteiger partial charge in [-0.1, -0.05) is 48.2 Å². The maximum Gasteiger partial charge on any atom is 0.230 e. The van der Waals surface area contributed by atoms with E-state index in [2.05, 4.69) is 44.0 Å². The van der Waals surface area contributed by atoms with Gasteiger partial charge in [-0.2, -0.15) is 0 Å². The number of carbonyl (C=O) groups is 1. The number of aromatic nitrogens is 3. The Hall–Kier alpha value is -2.16. The molecule has 0 radical (unpaired) electrons. The van der Waals surface area contributed by atoms with Gasteiger partial charge in [0.25, 0.3) is 0 Å². The summed E-state index contributed by atoms with van der Waals surface area (Å²) in [6.07, 6.45) is 0. The molecule has 0 unspecified atom stereocenters. The third-order valence-electron chi connectivity index (χ3n) is 4.41. The lowest BCUT2D eigenvalue weighted by molar-refractivity contribution is -0.118. The number of benzene rings is 1. The van der Waals surface area contributed by atoms with Crippen molar-refractivity contribution in [3.8, 4) is 10.7 Å². The van der Waals surface area contributed by atoms with Crippen LogP contribution in [0.3, 0.4) is 0 Å². The lowest BCUT2D eigenvalue weighted by atomic mass is 10.1. The first kappa shape index (κ1) is 20.6. The highest BCUT2D eigenvalue weighted by Gasteiger charge is 2.17. The third-order valence-corrected chi connectivity index (χ3v) is 6.24. The molecule has 8 heteroatoms. The number of rotatable bonds is 9. The lowest BCUT2D eigenvalue weighted by Gasteiger charge is -2.25. The van der Waals surface area contributed by atoms with E-state index in [9.17, 15) is 4.79 Å². The van der Waals surface area contributed by atoms with Crippen LogP contribution in [0.25, 0.3) is 10.7 Å². The van der Waals surface area contributed by atoms with Gasteiger partial charge in [-0.25, -0.2) is 0 Å². The van der Waals surface area contributed by atoms with Crippen molar-refractivity contribution in [3.63, 3.8) is 0 Å². The minimum Gasteiger partial charge on any atom is -0.353 e. The number of amides is 1. The fourth-order valence-corrected chi connectivity index (χ4v) is 4.48. The molecule has 0 fully saturated rings. The van der Waals surface area contributed by atoms with Crippen LogP contribution in [0.2, 0.25) is 0 Å². The summed E-state index contributed by atoms with van der Waals surface area (Å²) >= 11 is 3.06. The third kappa shape index (κ3) is 5.01. The Labute approximate surface area is 174 Å². The van der Waals surface area contributed by atoms with Gasteiger partial charge in [0.05, 0.1) is 16.7 Å². The molecule has 28 heavy (non-hydrogen) atoms. The molecule has 0 aliphatic heterocycles. The maximum absolute atomic E-state index is 12.4. The van der Waals surface area contributed by atoms with Gasteiger partial charge in [-0.15, -0.1) is 21.5 Å². The molecule has 148 valence electrons. The Morgan fingerprint density at radius 2 is 2.00 bits per heavy atom. The highest BCUT2D eigenvalue weighted by molar-refractivity contribution is 7.99. The average molecular weight is 416 g/mol. The van der Waals surface area contributed by atoms with Crippen LogP contribution in [0.4, 0.5) is 0 Å². The van der Waals surface area contributed by atoms with Crippen LogP contribution in [0.15, 0.2) is 53.0 Å². The number of hydrogen-bond acceptors (Lipinski definition) is 6. The quantitative estimate of drug-likeness (QED) is 0.542. The number of thioether (sulfide) groups is 1. The van der Waals surface area contributed by atoms with Crippen molar-refractivity contribution in [2.45, 2.75) is 24.7 Å². The molecule has 1 N–H and O–H groups in total. The molecule has 0 bridgehead atoms. The summed E-state index contributed by atoms with van der Waals surface area (Å²) < 4.78 is 2.05. The largest absolute Gasteiger partial charge is 0.353 e. The lowest BCUT2D eigenvalue weighted by Crippen LogP contribution is -2.35. The standard InChI is InChI=1S/C20H25N5OS2/c1-4-25-19(17-11-8-12-27-17)22-23-20(25)28-14-18(26)21-13-16(24(2)3)15-9-6-5-7-10-15/h5-12,16H,4,13-14H2,1-3H3,(H,21,26)/t16-/m0/s1. The van der Waals surface area contributed by atoms with E-state index in [4.69, 9.17) is 0 Å². The zero-order valence-electron chi connectivity index (χ0n) is 16.3. The highest BCUT2D eigenvalue weighted by Crippen LogP contribution is 2.27. The van der Waals surface area contributed by atoms with Crippen molar-refractivity contribution in [3.05, 3.63) is 53.4 Å². The first-order valence-corrected chi connectivity index (χ1v) is 11.0. The van der Waals surface area contributed by atoms with Crippen LogP contribution in [-0.2, 0) is 11.3 Å². The maximum atomic E-state index is 12.4. The van der Waals surface area contributed by atoms with Gasteiger partial charge >= 0.3 is 0 Å². The zero-order valence-corrected chi connectivity index (χ0v) is 18.0. The molecule has 0 spiro atoms. The second-order valence-corrected chi connectivity index (χ2v) is 8.40. The number of likely N-dealkylation sites (N-methyl/N-ethyl adjacent to an activating group) is 1. The Kier molecular flexibility index (Phi) is 7.24. The minimum atomic E-state index is -0.00360. The molecule has 3 aromatic rings. The van der Waals surface area contributed by atoms with Gasteiger partial charge in [0.2, 0.25) is 5.91 Å². The van der Waals surface area contributed by atoms with Crippen LogP contribution in [0.1, 0.15) is 18.5 Å². The molecule has 1 amide bonds. The molecule has 0 aliphatic rings. The van der Waals surface area contributed by atoms with Gasteiger partial charge in [-0.05, 0) is 38.0 Å². The molecule has 2 heterocycles. The van der Waals surface area contributed by atoms with Gasteiger partial charge in [0, 0.05) is 13.1 Å². The molecule has 6 nitrogen and oxygen atoms in total. The fraction of sp³-hybridized carbons (Fsp3) is 0.350. The van der Waals surface area contributed by atoms with Crippen LogP contribution in [0, 0.1) is 0 Å². The Balaban J connectivity index is 1.57. The van der Waals surface area contributed by atoms with Gasteiger partial charge < -0.3 is 14.8 Å². The Bertz CT molecular complexity index is 877. The number of nitrogens with zero attached hydrogens (tertiary/aromatic N) is 4. The second-order valence-electron chi connectivity index (χ2n) is 6.51. The van der Waals surface area contributed by atoms with Crippen LogP contribution >= 0.6 is 23.1 Å². The average Bonchev–Trinajstić information content (AvgIpc) is 3.36. The molecular weight excluding hydrogens is 390 g/mol. The van der Waals surface area contributed by atoms with Crippen LogP contribution in [-0.4, -0.2) is 52.0 Å². The number of hydrogen-bond donors (Lipinski definition) is 1. The molecule has 1 aromatic carbocycles. The molecule has 0 saturated heterocycles. The van der Waals surface area contributed by atoms with Gasteiger partial charge in [0.15, 0.2) is 11.0 Å². The minimum absolute atomic E-state index is 0.00360. The first-order valence-electron chi connectivity index (χ1n) is 9.18. The number of nitrogens with one attached hydrogen (secondary N) is 1. The summed E-state index contributed by atoms with van der Waals surface area (Å²) in [5, 5.41) is 14.4. The van der Waals surface area contributed by atoms with Crippen molar-refractivity contribution in [1.29, 1.82) is 0 Å². The van der Waals surface area contributed by atoms with Gasteiger partial charge in [-0.3, -0.25) is 4.79 Å². The fourth-order valence-electron chi connectivity index (χ4n) is 2.93. The van der Waals surface area contributed by atoms with E-state index in [0.717, 1.165) is 22.4 Å². The van der Waals surface area contributed by atoms with Gasteiger partial charge in [0.1, 0.15) is 0 Å². The summed E-state index contributed by atoms with van der Waals surface area (Å²) in [6, 6.07) is 14.4. The van der Waals surface area contributed by atoms with Crippen LogP contribution in [0.5, 0.6) is 0 Å². The zero-order chi connectivity index (χ0) is 19.9. The normalized spacial score (nSPS) is 12.3. The second kappa shape index (κ2) is 9.86. The van der Waals surface area contributed by atoms with Crippen molar-refractivity contribution >= 4 is 29.0 Å². The van der Waals surface area contributed by atoms with E-state index in [1.807, 2.05) is 49.8 Å². The molecular formula is C20H25N5OS2. The smallest absolute Gasteiger partial charge is 0.230 e. The Morgan fingerprint density at radius 3 is 2.64 bits per heavy atom. The highest BCUT2D eigenvalue weighted by atomic mass is 32.2. The molecule has 1 atom stereocenters.